The molecule has 80 heavy (non-hydrogen) atoms. The minimum Gasteiger partial charge on any atom is -0.478 e. The summed E-state index contributed by atoms with van der Waals surface area (Å²) in [6.07, 6.45) is 3.43. The Balaban J connectivity index is 0.000000170. The first-order chi connectivity index (χ1) is 38.9. The van der Waals surface area contributed by atoms with Gasteiger partial charge < -0.3 is 24.6 Å². The number of ether oxygens (including phenoxy) is 2. The van der Waals surface area contributed by atoms with Crippen molar-refractivity contribution in [1.29, 1.82) is 0 Å². The fourth-order valence-corrected chi connectivity index (χ4v) is 11.1. The predicted molar refractivity (Wildman–Crippen MR) is 307 cm³/mol. The van der Waals surface area contributed by atoms with E-state index in [0.29, 0.717) is 52.1 Å². The maximum absolute atomic E-state index is 14.2. The Kier molecular flexibility index (Phi) is 14.8. The lowest BCUT2D eigenvalue weighted by molar-refractivity contribution is 0.0755. The molecule has 0 spiro atoms. The molecule has 2 aromatic heterocycles. The number of nitrogens with zero attached hydrogens (tertiary/aromatic N) is 5. The molecule has 0 unspecified atom stereocenters. The van der Waals surface area contributed by atoms with Crippen molar-refractivity contribution in [2.75, 3.05) is 30.0 Å². The molecule has 400 valence electrons. The number of nitrogens with one attached hydrogen (secondary N) is 1. The van der Waals surface area contributed by atoms with Crippen LogP contribution in [0.2, 0.25) is 0 Å². The first-order valence-electron chi connectivity index (χ1n) is 26.0. The van der Waals surface area contributed by atoms with Gasteiger partial charge in [-0.05, 0) is 81.9 Å². The molecule has 0 saturated heterocycles. The SMILES string of the molecule is CN(c1c2c(c(OC(c3ccccc3)c3ccccc3)c3ncccc13)C(=O)N(Cc1ccc(F)cc1)C2)S(C)(=O)=O.CNc1c2c(c(OC(c3ccccc3)c3ccccc3)c3ncccc13)C(=O)N(Cc1ccc(F)cc1)C2. The number of pyridine rings is 2. The van der Waals surface area contributed by atoms with E-state index in [1.807, 2.05) is 141 Å². The summed E-state index contributed by atoms with van der Waals surface area (Å²) in [6, 6.07) is 59.0. The number of carbonyl (C=O) groups is 2. The number of fused-ring (bicyclic) bond motifs is 4. The van der Waals surface area contributed by atoms with E-state index in [1.165, 1.54) is 35.6 Å². The van der Waals surface area contributed by atoms with Crippen LogP contribution in [0, 0.1) is 11.6 Å². The molecule has 2 amide bonds. The number of sulfonamides is 1. The Hall–Kier alpha value is -9.47. The number of amides is 2. The third kappa shape index (κ3) is 10.5. The van der Waals surface area contributed by atoms with Crippen LogP contribution in [0.25, 0.3) is 21.8 Å². The van der Waals surface area contributed by atoms with Crippen LogP contribution in [0.15, 0.2) is 207 Å². The van der Waals surface area contributed by atoms with Gasteiger partial charge in [0, 0.05) is 80.3 Å². The number of rotatable bonds is 15. The standard InChI is InChI=1S/C33H28FN3O4S.C32H26FN3O2/c1-36(42(2,39)40)30-26-14-9-19-35-29(26)32(41-31(23-10-5-3-6-11-23)24-12-7-4-8-13-24)28-27(30)21-37(33(28)38)20-22-15-17-25(34)18-16-22;1-34-28-25-13-8-18-35-29(25)31(38-30(22-9-4-2-5-10-22)23-11-6-3-7-12-23)27-26(28)20-36(32(27)37)19-21-14-16-24(33)17-15-21/h3-19,31H,20-21H2,1-2H3;2-18,30,34H,19-20H2,1H3. The van der Waals surface area contributed by atoms with E-state index in [2.05, 4.69) is 15.3 Å². The van der Waals surface area contributed by atoms with E-state index in [-0.39, 0.29) is 47.9 Å². The van der Waals surface area contributed by atoms with Gasteiger partial charge in [0.25, 0.3) is 11.8 Å². The minimum absolute atomic E-state index is 0.136. The zero-order chi connectivity index (χ0) is 55.5. The third-order valence-corrected chi connectivity index (χ3v) is 15.6. The second-order valence-electron chi connectivity index (χ2n) is 19.6. The highest BCUT2D eigenvalue weighted by Gasteiger charge is 2.40. The molecule has 0 bridgehead atoms. The quantitative estimate of drug-likeness (QED) is 0.106. The van der Waals surface area contributed by atoms with Crippen LogP contribution in [-0.2, 0) is 36.2 Å². The number of hydrogen-bond acceptors (Lipinski definition) is 9. The number of halogens is 2. The lowest BCUT2D eigenvalue weighted by atomic mass is 9.99. The van der Waals surface area contributed by atoms with E-state index >= 15 is 0 Å². The minimum atomic E-state index is -3.70. The predicted octanol–water partition coefficient (Wildman–Crippen LogP) is 12.8. The molecular formula is C65H54F2N6O6S. The highest BCUT2D eigenvalue weighted by Crippen LogP contribution is 2.48. The van der Waals surface area contributed by atoms with Crippen LogP contribution in [0.5, 0.6) is 11.5 Å². The molecule has 0 aliphatic carbocycles. The average molecular weight is 1090 g/mol. The van der Waals surface area contributed by atoms with Crippen LogP contribution in [0.3, 0.4) is 0 Å². The topological polar surface area (TPSA) is 134 Å². The number of anilines is 2. The highest BCUT2D eigenvalue weighted by atomic mass is 32.2. The molecule has 4 heterocycles. The second kappa shape index (κ2) is 22.5. The lowest BCUT2D eigenvalue weighted by Gasteiger charge is -2.26. The Labute approximate surface area is 462 Å². The molecule has 12 nitrogen and oxygen atoms in total. The fourth-order valence-electron chi connectivity index (χ4n) is 10.6. The Bertz CT molecular complexity index is 3930. The maximum Gasteiger partial charge on any atom is 0.258 e. The molecule has 0 fully saturated rings. The monoisotopic (exact) mass is 1080 g/mol. The summed E-state index contributed by atoms with van der Waals surface area (Å²) < 4.78 is 67.6. The smallest absolute Gasteiger partial charge is 0.258 e. The van der Waals surface area contributed by atoms with Gasteiger partial charge in [0.05, 0.1) is 23.1 Å². The third-order valence-electron chi connectivity index (χ3n) is 14.4. The molecule has 0 saturated carbocycles. The van der Waals surface area contributed by atoms with Crippen molar-refractivity contribution >= 4 is 55.0 Å². The normalized spacial score (nSPS) is 12.9. The van der Waals surface area contributed by atoms with E-state index in [1.54, 1.807) is 58.6 Å². The van der Waals surface area contributed by atoms with Gasteiger partial charge in [-0.25, -0.2) is 17.2 Å². The van der Waals surface area contributed by atoms with E-state index in [4.69, 9.17) is 9.47 Å². The largest absolute Gasteiger partial charge is 0.478 e. The molecule has 12 rings (SSSR count). The Morgan fingerprint density at radius 3 is 1.31 bits per heavy atom. The summed E-state index contributed by atoms with van der Waals surface area (Å²) in [5.74, 6) is -0.367. The van der Waals surface area contributed by atoms with Gasteiger partial charge in [-0.15, -0.1) is 0 Å². The summed E-state index contributed by atoms with van der Waals surface area (Å²) in [5.41, 5.74) is 9.76. The molecule has 2 aliphatic rings. The molecule has 15 heteroatoms. The lowest BCUT2D eigenvalue weighted by Crippen LogP contribution is -2.26. The van der Waals surface area contributed by atoms with Crippen LogP contribution < -0.4 is 19.1 Å². The number of carbonyl (C=O) groups excluding carboxylic acids is 2. The van der Waals surface area contributed by atoms with Gasteiger partial charge >= 0.3 is 0 Å². The number of hydrogen-bond donors (Lipinski definition) is 1. The van der Waals surface area contributed by atoms with Crippen molar-refractivity contribution in [2.45, 2.75) is 38.4 Å². The van der Waals surface area contributed by atoms with E-state index < -0.39 is 22.2 Å². The summed E-state index contributed by atoms with van der Waals surface area (Å²) >= 11 is 0. The summed E-state index contributed by atoms with van der Waals surface area (Å²) in [6.45, 7) is 1.12. The van der Waals surface area contributed by atoms with Crippen LogP contribution in [-0.4, -0.2) is 60.4 Å². The van der Waals surface area contributed by atoms with Gasteiger partial charge in [0.15, 0.2) is 11.5 Å². The average Bonchev–Trinajstić information content (AvgIpc) is 4.08. The van der Waals surface area contributed by atoms with Crippen molar-refractivity contribution < 1.29 is 36.3 Å². The first-order valence-corrected chi connectivity index (χ1v) is 27.8. The molecule has 0 radical (unpaired) electrons. The van der Waals surface area contributed by atoms with Crippen molar-refractivity contribution in [3.63, 3.8) is 0 Å². The van der Waals surface area contributed by atoms with Crippen molar-refractivity contribution in [1.82, 2.24) is 19.8 Å². The van der Waals surface area contributed by atoms with Crippen LogP contribution >= 0.6 is 0 Å². The van der Waals surface area contributed by atoms with Crippen LogP contribution in [0.1, 0.15) is 77.4 Å². The molecule has 2 aliphatic heterocycles. The maximum atomic E-state index is 14.2. The second-order valence-corrected chi connectivity index (χ2v) is 21.6. The molecule has 1 N–H and O–H groups in total. The molecule has 8 aromatic carbocycles. The van der Waals surface area contributed by atoms with E-state index in [0.717, 1.165) is 56.3 Å². The van der Waals surface area contributed by atoms with E-state index in [9.17, 15) is 26.8 Å². The van der Waals surface area contributed by atoms with Gasteiger partial charge in [0.2, 0.25) is 10.0 Å². The number of aromatic nitrogens is 2. The fraction of sp³-hybridized carbons (Fsp3) is 0.138. The van der Waals surface area contributed by atoms with Crippen molar-refractivity contribution in [3.8, 4) is 11.5 Å². The van der Waals surface area contributed by atoms with Gasteiger partial charge in [-0.1, -0.05) is 146 Å². The summed E-state index contributed by atoms with van der Waals surface area (Å²) in [5, 5.41) is 4.74. The van der Waals surface area contributed by atoms with Gasteiger partial charge in [-0.3, -0.25) is 23.9 Å². The summed E-state index contributed by atoms with van der Waals surface area (Å²) in [7, 11) is -0.369. The Morgan fingerprint density at radius 1 is 0.537 bits per heavy atom. The van der Waals surface area contributed by atoms with Crippen LogP contribution in [0.4, 0.5) is 20.2 Å². The van der Waals surface area contributed by atoms with Gasteiger partial charge in [-0.2, -0.15) is 0 Å². The van der Waals surface area contributed by atoms with Crippen molar-refractivity contribution in [2.24, 2.45) is 0 Å². The molecular weight excluding hydrogens is 1030 g/mol. The van der Waals surface area contributed by atoms with Crippen molar-refractivity contribution in [3.05, 3.63) is 274 Å². The van der Waals surface area contributed by atoms with Gasteiger partial charge in [0.1, 0.15) is 34.9 Å². The molecule has 10 aromatic rings. The zero-order valence-corrected chi connectivity index (χ0v) is 44.8. The first kappa shape index (κ1) is 52.6. The summed E-state index contributed by atoms with van der Waals surface area (Å²) in [4.78, 5) is 40.8. The zero-order valence-electron chi connectivity index (χ0n) is 44.0. The highest BCUT2D eigenvalue weighted by molar-refractivity contribution is 7.92. The number of benzene rings is 8. The molecule has 0 atom stereocenters. The Morgan fingerprint density at radius 2 is 0.912 bits per heavy atom.